The average Bonchev–Trinajstić information content (AvgIpc) is 3.09. The van der Waals surface area contributed by atoms with Gasteiger partial charge in [-0.05, 0) is 47.9 Å². The van der Waals surface area contributed by atoms with Crippen molar-refractivity contribution in [2.24, 2.45) is 5.92 Å². The minimum absolute atomic E-state index is 0.0329. The Morgan fingerprint density at radius 3 is 2.15 bits per heavy atom. The summed E-state index contributed by atoms with van der Waals surface area (Å²) >= 11 is 0. The maximum atomic E-state index is 12.7. The largest absolute Gasteiger partial charge is 0.480 e. The molecule has 174 valence electrons. The van der Waals surface area contributed by atoms with Crippen molar-refractivity contribution in [3.63, 3.8) is 0 Å². The fraction of sp³-hybridized carbons (Fsp3) is 0.423. The van der Waals surface area contributed by atoms with Gasteiger partial charge in [-0.2, -0.15) is 0 Å². The van der Waals surface area contributed by atoms with E-state index in [4.69, 9.17) is 4.74 Å². The number of rotatable bonds is 8. The van der Waals surface area contributed by atoms with Crippen LogP contribution in [0.4, 0.5) is 4.79 Å². The Hall–Kier alpha value is -3.35. The van der Waals surface area contributed by atoms with E-state index < -0.39 is 18.1 Å². The highest BCUT2D eigenvalue weighted by Crippen LogP contribution is 2.44. The van der Waals surface area contributed by atoms with Crippen molar-refractivity contribution in [1.29, 1.82) is 0 Å². The Labute approximate surface area is 193 Å². The number of hydrogen-bond donors (Lipinski definition) is 2. The minimum Gasteiger partial charge on any atom is -0.480 e. The standard InChI is InChI=1S/C26H30N2O5/c1-16(25(30)31)28(2)24(29)14-23(17-8-7-9-17)27-26(32)33-15-22-20-12-5-3-10-18(20)19-11-4-6-13-21(19)22/h3-6,10-13,16-17,22-23H,7-9,14-15H2,1-2H3,(H,27,32)(H,30,31). The number of benzene rings is 2. The van der Waals surface area contributed by atoms with Gasteiger partial charge >= 0.3 is 12.1 Å². The quantitative estimate of drug-likeness (QED) is 0.633. The highest BCUT2D eigenvalue weighted by Gasteiger charge is 2.34. The Morgan fingerprint density at radius 2 is 1.64 bits per heavy atom. The van der Waals surface area contributed by atoms with Crippen molar-refractivity contribution in [2.75, 3.05) is 13.7 Å². The Bertz CT molecular complexity index is 1000. The summed E-state index contributed by atoms with van der Waals surface area (Å²) in [6, 6.07) is 15.0. The predicted molar refractivity (Wildman–Crippen MR) is 124 cm³/mol. The molecule has 7 nitrogen and oxygen atoms in total. The van der Waals surface area contributed by atoms with Gasteiger partial charge in [0.25, 0.3) is 0 Å². The smallest absolute Gasteiger partial charge is 0.407 e. The monoisotopic (exact) mass is 450 g/mol. The number of alkyl carbamates (subject to hydrolysis) is 1. The Morgan fingerprint density at radius 1 is 1.06 bits per heavy atom. The normalized spacial score (nSPS) is 16.7. The highest BCUT2D eigenvalue weighted by atomic mass is 16.5. The van der Waals surface area contributed by atoms with Crippen molar-refractivity contribution < 1.29 is 24.2 Å². The summed E-state index contributed by atoms with van der Waals surface area (Å²) < 4.78 is 5.65. The number of ether oxygens (including phenoxy) is 1. The van der Waals surface area contributed by atoms with Crippen LogP contribution >= 0.6 is 0 Å². The van der Waals surface area contributed by atoms with Crippen molar-refractivity contribution in [3.8, 4) is 11.1 Å². The van der Waals surface area contributed by atoms with Crippen LogP contribution in [0.25, 0.3) is 11.1 Å². The molecule has 0 radical (unpaired) electrons. The molecule has 7 heteroatoms. The van der Waals surface area contributed by atoms with Gasteiger partial charge in [0.2, 0.25) is 5.91 Å². The molecule has 2 atom stereocenters. The van der Waals surface area contributed by atoms with Gasteiger partial charge in [-0.25, -0.2) is 9.59 Å². The highest BCUT2D eigenvalue weighted by molar-refractivity contribution is 5.84. The lowest BCUT2D eigenvalue weighted by Crippen LogP contribution is -2.48. The number of carbonyl (C=O) groups excluding carboxylic acids is 2. The second-order valence-electron chi connectivity index (χ2n) is 8.99. The SMILES string of the molecule is CC(C(=O)O)N(C)C(=O)CC(NC(=O)OCC1c2ccccc2-c2ccccc21)C1CCC1. The van der Waals surface area contributed by atoms with Gasteiger partial charge < -0.3 is 20.1 Å². The van der Waals surface area contributed by atoms with Gasteiger partial charge in [-0.1, -0.05) is 55.0 Å². The van der Waals surface area contributed by atoms with Gasteiger partial charge in [0.1, 0.15) is 12.6 Å². The molecule has 33 heavy (non-hydrogen) atoms. The first-order valence-electron chi connectivity index (χ1n) is 11.5. The Balaban J connectivity index is 1.40. The summed E-state index contributed by atoms with van der Waals surface area (Å²) in [4.78, 5) is 37.8. The van der Waals surface area contributed by atoms with Gasteiger partial charge in [-0.15, -0.1) is 0 Å². The molecule has 0 aromatic heterocycles. The first kappa shape index (κ1) is 22.8. The van der Waals surface area contributed by atoms with Gasteiger partial charge in [-0.3, -0.25) is 4.79 Å². The van der Waals surface area contributed by atoms with E-state index in [1.54, 1.807) is 0 Å². The minimum atomic E-state index is -1.06. The van der Waals surface area contributed by atoms with Crippen LogP contribution < -0.4 is 5.32 Å². The summed E-state index contributed by atoms with van der Waals surface area (Å²) in [5, 5.41) is 12.1. The second-order valence-corrected chi connectivity index (χ2v) is 8.99. The molecule has 0 aliphatic heterocycles. The molecule has 1 fully saturated rings. The fourth-order valence-corrected chi connectivity index (χ4v) is 4.68. The number of fused-ring (bicyclic) bond motifs is 3. The van der Waals surface area contributed by atoms with Crippen LogP contribution in [0.1, 0.15) is 49.7 Å². The van der Waals surface area contributed by atoms with Crippen LogP contribution in [0.15, 0.2) is 48.5 Å². The number of aliphatic carboxylic acids is 1. The summed E-state index contributed by atoms with van der Waals surface area (Å²) in [6.45, 7) is 1.68. The molecule has 2 aliphatic carbocycles. The third-order valence-corrected chi connectivity index (χ3v) is 7.09. The molecule has 2 aliphatic rings. The van der Waals surface area contributed by atoms with Crippen LogP contribution in [-0.4, -0.2) is 53.7 Å². The van der Waals surface area contributed by atoms with Crippen LogP contribution in [0, 0.1) is 5.92 Å². The molecule has 2 aromatic rings. The summed E-state index contributed by atoms with van der Waals surface area (Å²) in [7, 11) is 1.48. The van der Waals surface area contributed by atoms with E-state index in [1.165, 1.54) is 18.9 Å². The van der Waals surface area contributed by atoms with Crippen molar-refractivity contribution in [3.05, 3.63) is 59.7 Å². The lowest BCUT2D eigenvalue weighted by atomic mass is 9.78. The molecule has 1 saturated carbocycles. The molecule has 2 aromatic carbocycles. The van der Waals surface area contributed by atoms with Crippen molar-refractivity contribution in [2.45, 2.75) is 50.6 Å². The summed E-state index contributed by atoms with van der Waals surface area (Å²) in [5.74, 6) is -1.20. The molecule has 2 unspecified atom stereocenters. The molecular formula is C26H30N2O5. The number of carbonyl (C=O) groups is 3. The number of hydrogen-bond acceptors (Lipinski definition) is 4. The van der Waals surface area contributed by atoms with Gasteiger partial charge in [0.15, 0.2) is 0 Å². The second kappa shape index (κ2) is 9.65. The lowest BCUT2D eigenvalue weighted by Gasteiger charge is -2.35. The van der Waals surface area contributed by atoms with E-state index in [0.717, 1.165) is 41.5 Å². The molecule has 0 saturated heterocycles. The van der Waals surface area contributed by atoms with Crippen molar-refractivity contribution >= 4 is 18.0 Å². The summed E-state index contributed by atoms with van der Waals surface area (Å²) in [5.41, 5.74) is 4.61. The molecule has 0 bridgehead atoms. The van der Waals surface area contributed by atoms with E-state index in [2.05, 4.69) is 29.6 Å². The first-order chi connectivity index (χ1) is 15.9. The van der Waals surface area contributed by atoms with E-state index >= 15 is 0 Å². The first-order valence-corrected chi connectivity index (χ1v) is 11.5. The molecular weight excluding hydrogens is 420 g/mol. The molecule has 4 rings (SSSR count). The van der Waals surface area contributed by atoms with E-state index in [-0.39, 0.29) is 36.8 Å². The topological polar surface area (TPSA) is 95.9 Å². The number of amides is 2. The van der Waals surface area contributed by atoms with E-state index in [1.807, 2.05) is 24.3 Å². The van der Waals surface area contributed by atoms with E-state index in [0.29, 0.717) is 0 Å². The molecule has 0 heterocycles. The molecule has 2 amide bonds. The summed E-state index contributed by atoms with van der Waals surface area (Å²) in [6.07, 6.45) is 2.43. The van der Waals surface area contributed by atoms with Gasteiger partial charge in [0, 0.05) is 25.4 Å². The third-order valence-electron chi connectivity index (χ3n) is 7.09. The zero-order valence-corrected chi connectivity index (χ0v) is 19.0. The van der Waals surface area contributed by atoms with Crippen LogP contribution in [-0.2, 0) is 14.3 Å². The number of nitrogens with one attached hydrogen (secondary N) is 1. The maximum absolute atomic E-state index is 12.7. The number of carboxylic acids is 1. The zero-order chi connectivity index (χ0) is 23.5. The van der Waals surface area contributed by atoms with Crippen molar-refractivity contribution in [1.82, 2.24) is 10.2 Å². The number of carboxylic acid groups (broad SMARTS) is 1. The maximum Gasteiger partial charge on any atom is 0.407 e. The van der Waals surface area contributed by atoms with Crippen LogP contribution in [0.5, 0.6) is 0 Å². The number of likely N-dealkylation sites (N-methyl/N-ethyl adjacent to an activating group) is 1. The molecule has 2 N–H and O–H groups in total. The van der Waals surface area contributed by atoms with Crippen LogP contribution in [0.2, 0.25) is 0 Å². The lowest BCUT2D eigenvalue weighted by molar-refractivity contribution is -0.148. The Kier molecular flexibility index (Phi) is 6.67. The predicted octanol–water partition coefficient (Wildman–Crippen LogP) is 4.02. The zero-order valence-electron chi connectivity index (χ0n) is 19.0. The number of nitrogens with zero attached hydrogens (tertiary/aromatic N) is 1. The van der Waals surface area contributed by atoms with Gasteiger partial charge in [0.05, 0.1) is 0 Å². The van der Waals surface area contributed by atoms with E-state index in [9.17, 15) is 19.5 Å². The third kappa shape index (κ3) is 4.72. The average molecular weight is 451 g/mol. The molecule has 0 spiro atoms. The fourth-order valence-electron chi connectivity index (χ4n) is 4.68. The van der Waals surface area contributed by atoms with Crippen LogP contribution in [0.3, 0.4) is 0 Å².